The smallest absolute Gasteiger partial charge is 0.0102 e. The second-order valence-corrected chi connectivity index (χ2v) is 6.47. The third kappa shape index (κ3) is 3.02. The van der Waals surface area contributed by atoms with Crippen molar-refractivity contribution >= 4 is 0 Å². The van der Waals surface area contributed by atoms with Crippen molar-refractivity contribution in [3.63, 3.8) is 0 Å². The van der Waals surface area contributed by atoms with Gasteiger partial charge in [0.2, 0.25) is 0 Å². The first-order chi connectivity index (χ1) is 9.36. The monoisotopic (exact) mass is 257 g/mol. The van der Waals surface area contributed by atoms with E-state index >= 15 is 0 Å². The van der Waals surface area contributed by atoms with Crippen LogP contribution in [0.4, 0.5) is 0 Å². The van der Waals surface area contributed by atoms with Crippen molar-refractivity contribution in [2.75, 3.05) is 6.54 Å². The minimum atomic E-state index is 0.794. The van der Waals surface area contributed by atoms with Gasteiger partial charge in [-0.3, -0.25) is 0 Å². The fraction of sp³-hybridized carbons (Fsp3) is 0.667. The van der Waals surface area contributed by atoms with Gasteiger partial charge in [-0.2, -0.15) is 0 Å². The average molecular weight is 257 g/mol. The Morgan fingerprint density at radius 1 is 1.05 bits per heavy atom. The van der Waals surface area contributed by atoms with Crippen LogP contribution in [-0.2, 0) is 12.8 Å². The number of benzene rings is 1. The number of fused-ring (bicyclic) bond motifs is 1. The van der Waals surface area contributed by atoms with Crippen LogP contribution >= 0.6 is 0 Å². The highest BCUT2D eigenvalue weighted by Gasteiger charge is 2.38. The SMILES string of the molecule is CCCc1ccc(CCC2NCC3CCCC32)cc1. The molecule has 0 spiro atoms. The van der Waals surface area contributed by atoms with Gasteiger partial charge in [0.25, 0.3) is 0 Å². The van der Waals surface area contributed by atoms with Crippen LogP contribution in [0.2, 0.25) is 0 Å². The van der Waals surface area contributed by atoms with E-state index in [-0.39, 0.29) is 0 Å². The minimum absolute atomic E-state index is 0.794. The van der Waals surface area contributed by atoms with E-state index in [1.165, 1.54) is 62.6 Å². The molecule has 1 heteroatoms. The molecule has 1 saturated carbocycles. The molecule has 3 rings (SSSR count). The van der Waals surface area contributed by atoms with Gasteiger partial charge in [0.05, 0.1) is 0 Å². The Hall–Kier alpha value is -0.820. The molecule has 0 aromatic heterocycles. The van der Waals surface area contributed by atoms with Crippen LogP contribution in [0.1, 0.15) is 50.2 Å². The highest BCUT2D eigenvalue weighted by molar-refractivity contribution is 5.23. The molecule has 1 N–H and O–H groups in total. The molecule has 3 atom stereocenters. The van der Waals surface area contributed by atoms with Crippen LogP contribution < -0.4 is 5.32 Å². The second kappa shape index (κ2) is 6.09. The van der Waals surface area contributed by atoms with E-state index in [0.717, 1.165) is 17.9 Å². The molecular weight excluding hydrogens is 230 g/mol. The van der Waals surface area contributed by atoms with Gasteiger partial charge in [-0.15, -0.1) is 0 Å². The molecule has 1 aliphatic heterocycles. The molecular formula is C18H27N. The van der Waals surface area contributed by atoms with Crippen molar-refractivity contribution in [3.05, 3.63) is 35.4 Å². The zero-order valence-corrected chi connectivity index (χ0v) is 12.2. The molecule has 1 heterocycles. The maximum absolute atomic E-state index is 3.76. The van der Waals surface area contributed by atoms with E-state index in [4.69, 9.17) is 0 Å². The van der Waals surface area contributed by atoms with Gasteiger partial charge in [0.15, 0.2) is 0 Å². The minimum Gasteiger partial charge on any atom is -0.313 e. The van der Waals surface area contributed by atoms with Gasteiger partial charge < -0.3 is 5.32 Å². The van der Waals surface area contributed by atoms with Gasteiger partial charge in [-0.25, -0.2) is 0 Å². The number of aryl methyl sites for hydroxylation is 2. The average Bonchev–Trinajstić information content (AvgIpc) is 3.02. The summed E-state index contributed by atoms with van der Waals surface area (Å²) in [6.07, 6.45) is 9.45. The molecule has 19 heavy (non-hydrogen) atoms. The second-order valence-electron chi connectivity index (χ2n) is 6.47. The quantitative estimate of drug-likeness (QED) is 0.842. The van der Waals surface area contributed by atoms with Gasteiger partial charge in [0, 0.05) is 6.04 Å². The molecule has 0 bridgehead atoms. The lowest BCUT2D eigenvalue weighted by molar-refractivity contribution is 0.393. The van der Waals surface area contributed by atoms with Crippen LogP contribution in [-0.4, -0.2) is 12.6 Å². The summed E-state index contributed by atoms with van der Waals surface area (Å²) in [7, 11) is 0. The maximum atomic E-state index is 3.76. The van der Waals surface area contributed by atoms with E-state index < -0.39 is 0 Å². The zero-order valence-electron chi connectivity index (χ0n) is 12.2. The fourth-order valence-electron chi connectivity index (χ4n) is 4.10. The summed E-state index contributed by atoms with van der Waals surface area (Å²) in [6, 6.07) is 10.1. The maximum Gasteiger partial charge on any atom is 0.0102 e. The van der Waals surface area contributed by atoms with Crippen molar-refractivity contribution in [2.24, 2.45) is 11.8 Å². The summed E-state index contributed by atoms with van der Waals surface area (Å²) in [5, 5.41) is 3.76. The van der Waals surface area contributed by atoms with Gasteiger partial charge >= 0.3 is 0 Å². The van der Waals surface area contributed by atoms with E-state index in [2.05, 4.69) is 36.5 Å². The summed E-state index contributed by atoms with van der Waals surface area (Å²) < 4.78 is 0. The third-order valence-electron chi connectivity index (χ3n) is 5.18. The Labute approximate surface area is 117 Å². The summed E-state index contributed by atoms with van der Waals surface area (Å²) in [5.74, 6) is 1.98. The Morgan fingerprint density at radius 2 is 1.79 bits per heavy atom. The molecule has 3 unspecified atom stereocenters. The molecule has 2 fully saturated rings. The number of rotatable bonds is 5. The molecule has 1 saturated heterocycles. The zero-order chi connectivity index (χ0) is 13.1. The predicted octanol–water partition coefficient (Wildman–Crippen LogP) is 3.96. The third-order valence-corrected chi connectivity index (χ3v) is 5.18. The molecule has 0 radical (unpaired) electrons. The standard InChI is InChI=1S/C18H27N/c1-2-4-14-7-9-15(10-8-14)11-12-18-17-6-3-5-16(17)13-19-18/h7-10,16-19H,2-6,11-13H2,1H3. The van der Waals surface area contributed by atoms with Crippen molar-refractivity contribution in [2.45, 2.75) is 57.9 Å². The number of hydrogen-bond acceptors (Lipinski definition) is 1. The van der Waals surface area contributed by atoms with Crippen LogP contribution in [0.3, 0.4) is 0 Å². The first-order valence-corrected chi connectivity index (χ1v) is 8.18. The molecule has 1 aromatic rings. The Morgan fingerprint density at radius 3 is 2.53 bits per heavy atom. The first kappa shape index (κ1) is 13.2. The highest BCUT2D eigenvalue weighted by atomic mass is 15.0. The normalized spacial score (nSPS) is 29.6. The molecule has 1 nitrogen and oxygen atoms in total. The Balaban J connectivity index is 1.51. The largest absolute Gasteiger partial charge is 0.313 e. The Kier molecular flexibility index (Phi) is 4.22. The van der Waals surface area contributed by atoms with E-state index in [1.54, 1.807) is 0 Å². The van der Waals surface area contributed by atoms with E-state index in [9.17, 15) is 0 Å². The first-order valence-electron chi connectivity index (χ1n) is 8.18. The molecule has 104 valence electrons. The lowest BCUT2D eigenvalue weighted by atomic mass is 9.90. The summed E-state index contributed by atoms with van der Waals surface area (Å²) >= 11 is 0. The van der Waals surface area contributed by atoms with E-state index in [1.807, 2.05) is 0 Å². The number of nitrogens with one attached hydrogen (secondary N) is 1. The lowest BCUT2D eigenvalue weighted by Gasteiger charge is -2.18. The van der Waals surface area contributed by atoms with E-state index in [0.29, 0.717) is 0 Å². The molecule has 2 aliphatic rings. The summed E-state index contributed by atoms with van der Waals surface area (Å²) in [5.41, 5.74) is 3.00. The number of hydrogen-bond donors (Lipinski definition) is 1. The van der Waals surface area contributed by atoms with Crippen molar-refractivity contribution in [1.82, 2.24) is 5.32 Å². The van der Waals surface area contributed by atoms with Gasteiger partial charge in [-0.05, 0) is 61.6 Å². The van der Waals surface area contributed by atoms with Crippen molar-refractivity contribution < 1.29 is 0 Å². The Bertz CT molecular complexity index is 395. The fourth-order valence-corrected chi connectivity index (χ4v) is 4.10. The molecule has 1 aromatic carbocycles. The summed E-state index contributed by atoms with van der Waals surface area (Å²) in [4.78, 5) is 0. The highest BCUT2D eigenvalue weighted by Crippen LogP contribution is 2.38. The van der Waals surface area contributed by atoms with Crippen LogP contribution in [0.5, 0.6) is 0 Å². The molecule has 1 aliphatic carbocycles. The van der Waals surface area contributed by atoms with Crippen molar-refractivity contribution in [3.8, 4) is 0 Å². The van der Waals surface area contributed by atoms with Crippen molar-refractivity contribution in [1.29, 1.82) is 0 Å². The molecule has 0 amide bonds. The topological polar surface area (TPSA) is 12.0 Å². The van der Waals surface area contributed by atoms with Crippen LogP contribution in [0.15, 0.2) is 24.3 Å². The predicted molar refractivity (Wildman–Crippen MR) is 81.4 cm³/mol. The van der Waals surface area contributed by atoms with Gasteiger partial charge in [0.1, 0.15) is 0 Å². The lowest BCUT2D eigenvalue weighted by Crippen LogP contribution is -2.27. The van der Waals surface area contributed by atoms with Crippen LogP contribution in [0.25, 0.3) is 0 Å². The van der Waals surface area contributed by atoms with Gasteiger partial charge in [-0.1, -0.05) is 44.0 Å². The van der Waals surface area contributed by atoms with Crippen LogP contribution in [0, 0.1) is 11.8 Å². The summed E-state index contributed by atoms with van der Waals surface area (Å²) in [6.45, 7) is 3.53.